The fraction of sp³-hybridized carbons (Fsp3) is 0.579. The number of carbonyl (C=O) groups is 2. The lowest BCUT2D eigenvalue weighted by molar-refractivity contribution is -0.138. The van der Waals surface area contributed by atoms with Gasteiger partial charge in [0.05, 0.1) is 0 Å². The quantitative estimate of drug-likeness (QED) is 0.906. The molecule has 5 heteroatoms. The van der Waals surface area contributed by atoms with Crippen molar-refractivity contribution in [2.75, 3.05) is 31.5 Å². The highest BCUT2D eigenvalue weighted by Gasteiger charge is 2.31. The minimum Gasteiger partial charge on any atom is -0.342 e. The molecule has 0 unspecified atom stereocenters. The molecule has 2 aliphatic rings. The molecule has 2 heterocycles. The summed E-state index contributed by atoms with van der Waals surface area (Å²) in [6.07, 6.45) is 3.88. The summed E-state index contributed by atoms with van der Waals surface area (Å²) < 4.78 is 0. The molecule has 1 N–H and O–H groups in total. The second-order valence-corrected chi connectivity index (χ2v) is 7.09. The predicted molar refractivity (Wildman–Crippen MR) is 94.7 cm³/mol. The number of amides is 3. The zero-order chi connectivity index (χ0) is 16.9. The second kappa shape index (κ2) is 7.69. The van der Waals surface area contributed by atoms with Crippen LogP contribution >= 0.6 is 0 Å². The Morgan fingerprint density at radius 1 is 1.00 bits per heavy atom. The first kappa shape index (κ1) is 16.8. The number of piperidine rings is 2. The molecule has 3 amide bonds. The number of hydrogen-bond acceptors (Lipinski definition) is 2. The van der Waals surface area contributed by atoms with Crippen LogP contribution in [0.4, 0.5) is 10.5 Å². The van der Waals surface area contributed by atoms with E-state index in [-0.39, 0.29) is 11.9 Å². The number of hydrogen-bond donors (Lipinski definition) is 1. The first-order valence-electron chi connectivity index (χ1n) is 9.03. The van der Waals surface area contributed by atoms with E-state index >= 15 is 0 Å². The fourth-order valence-corrected chi connectivity index (χ4v) is 3.70. The minimum absolute atomic E-state index is 0.0707. The number of rotatable bonds is 2. The summed E-state index contributed by atoms with van der Waals surface area (Å²) in [6.45, 7) is 5.32. The Balaban J connectivity index is 1.48. The van der Waals surface area contributed by atoms with Gasteiger partial charge >= 0.3 is 6.03 Å². The molecule has 1 aromatic carbocycles. The van der Waals surface area contributed by atoms with Gasteiger partial charge in [-0.25, -0.2) is 4.79 Å². The van der Waals surface area contributed by atoms with Crippen LogP contribution in [0.3, 0.4) is 0 Å². The molecule has 0 aliphatic carbocycles. The molecular formula is C19H27N3O2. The van der Waals surface area contributed by atoms with Gasteiger partial charge in [0.15, 0.2) is 0 Å². The van der Waals surface area contributed by atoms with Crippen molar-refractivity contribution in [1.29, 1.82) is 0 Å². The Morgan fingerprint density at radius 3 is 2.38 bits per heavy atom. The molecule has 2 aliphatic heterocycles. The predicted octanol–water partition coefficient (Wildman–Crippen LogP) is 3.19. The zero-order valence-corrected chi connectivity index (χ0v) is 14.4. The van der Waals surface area contributed by atoms with Gasteiger partial charge in [0.2, 0.25) is 5.91 Å². The van der Waals surface area contributed by atoms with Crippen molar-refractivity contribution in [2.24, 2.45) is 11.8 Å². The van der Waals surface area contributed by atoms with Gasteiger partial charge in [0.25, 0.3) is 0 Å². The molecule has 24 heavy (non-hydrogen) atoms. The molecule has 5 nitrogen and oxygen atoms in total. The van der Waals surface area contributed by atoms with E-state index in [4.69, 9.17) is 0 Å². The van der Waals surface area contributed by atoms with E-state index in [1.165, 1.54) is 6.42 Å². The van der Waals surface area contributed by atoms with E-state index in [1.807, 2.05) is 40.1 Å². The van der Waals surface area contributed by atoms with Gasteiger partial charge in [-0.2, -0.15) is 0 Å². The van der Waals surface area contributed by atoms with E-state index in [1.54, 1.807) is 0 Å². The van der Waals surface area contributed by atoms with Crippen LogP contribution in [0.25, 0.3) is 0 Å². The summed E-state index contributed by atoms with van der Waals surface area (Å²) in [5, 5.41) is 2.92. The van der Waals surface area contributed by atoms with Crippen molar-refractivity contribution in [3.8, 4) is 0 Å². The number of nitrogens with one attached hydrogen (secondary N) is 1. The fourth-order valence-electron chi connectivity index (χ4n) is 3.70. The lowest BCUT2D eigenvalue weighted by Gasteiger charge is -2.37. The number of anilines is 1. The summed E-state index contributed by atoms with van der Waals surface area (Å²) in [5.74, 6) is 0.986. The lowest BCUT2D eigenvalue weighted by Crippen LogP contribution is -2.47. The smallest absolute Gasteiger partial charge is 0.321 e. The monoisotopic (exact) mass is 329 g/mol. The van der Waals surface area contributed by atoms with Crippen LogP contribution in [-0.4, -0.2) is 47.9 Å². The van der Waals surface area contributed by atoms with Gasteiger partial charge in [-0.1, -0.05) is 25.1 Å². The van der Waals surface area contributed by atoms with Gasteiger partial charge in [0, 0.05) is 37.8 Å². The summed E-state index contributed by atoms with van der Waals surface area (Å²) >= 11 is 0. The highest BCUT2D eigenvalue weighted by atomic mass is 16.2. The molecule has 2 fully saturated rings. The molecule has 130 valence electrons. The number of urea groups is 1. The van der Waals surface area contributed by atoms with Gasteiger partial charge in [-0.15, -0.1) is 0 Å². The van der Waals surface area contributed by atoms with Crippen molar-refractivity contribution >= 4 is 17.6 Å². The Morgan fingerprint density at radius 2 is 1.71 bits per heavy atom. The first-order chi connectivity index (χ1) is 11.6. The normalized spacial score (nSPS) is 22.3. The number of para-hydroxylation sites is 1. The molecule has 0 bridgehead atoms. The highest BCUT2D eigenvalue weighted by molar-refractivity contribution is 5.89. The third-order valence-corrected chi connectivity index (χ3v) is 5.13. The largest absolute Gasteiger partial charge is 0.342 e. The average Bonchev–Trinajstić information content (AvgIpc) is 2.62. The Hall–Kier alpha value is -2.04. The molecule has 3 rings (SSSR count). The van der Waals surface area contributed by atoms with Gasteiger partial charge in [-0.05, 0) is 43.7 Å². The molecule has 2 saturated heterocycles. The Bertz CT molecular complexity index is 567. The van der Waals surface area contributed by atoms with Crippen LogP contribution in [-0.2, 0) is 4.79 Å². The van der Waals surface area contributed by atoms with E-state index < -0.39 is 0 Å². The maximum Gasteiger partial charge on any atom is 0.321 e. The maximum atomic E-state index is 12.7. The highest BCUT2D eigenvalue weighted by Crippen LogP contribution is 2.24. The second-order valence-electron chi connectivity index (χ2n) is 7.09. The maximum absolute atomic E-state index is 12.7. The van der Waals surface area contributed by atoms with Crippen LogP contribution in [0.15, 0.2) is 30.3 Å². The molecule has 0 saturated carbocycles. The number of benzene rings is 1. The minimum atomic E-state index is -0.0707. The van der Waals surface area contributed by atoms with Crippen molar-refractivity contribution in [2.45, 2.75) is 32.6 Å². The van der Waals surface area contributed by atoms with Crippen molar-refractivity contribution in [1.82, 2.24) is 9.80 Å². The molecule has 0 aromatic heterocycles. The standard InChI is InChI=1S/C19H27N3O2/c1-15-6-5-11-22(14-15)18(23)16-9-12-21(13-10-16)19(24)20-17-7-3-2-4-8-17/h2-4,7-8,15-16H,5-6,9-14H2,1H3,(H,20,24)/t15-/m0/s1. The van der Waals surface area contributed by atoms with Gasteiger partial charge in [0.1, 0.15) is 0 Å². The average molecular weight is 329 g/mol. The van der Waals surface area contributed by atoms with E-state index in [0.717, 1.165) is 38.0 Å². The van der Waals surface area contributed by atoms with Crippen molar-refractivity contribution < 1.29 is 9.59 Å². The Kier molecular flexibility index (Phi) is 5.38. The third kappa shape index (κ3) is 4.08. The van der Waals surface area contributed by atoms with Crippen molar-refractivity contribution in [3.63, 3.8) is 0 Å². The van der Waals surface area contributed by atoms with E-state index in [0.29, 0.717) is 24.9 Å². The van der Waals surface area contributed by atoms with Crippen LogP contribution in [0.2, 0.25) is 0 Å². The van der Waals surface area contributed by atoms with Crippen LogP contribution in [0.1, 0.15) is 32.6 Å². The molecule has 0 radical (unpaired) electrons. The van der Waals surface area contributed by atoms with Crippen LogP contribution < -0.4 is 5.32 Å². The van der Waals surface area contributed by atoms with E-state index in [9.17, 15) is 9.59 Å². The number of likely N-dealkylation sites (tertiary alicyclic amines) is 2. The number of nitrogens with zero attached hydrogens (tertiary/aromatic N) is 2. The molecular weight excluding hydrogens is 302 g/mol. The van der Waals surface area contributed by atoms with Crippen LogP contribution in [0.5, 0.6) is 0 Å². The molecule has 1 atom stereocenters. The Labute approximate surface area is 144 Å². The summed E-state index contributed by atoms with van der Waals surface area (Å²) in [6, 6.07) is 9.42. The lowest BCUT2D eigenvalue weighted by atomic mass is 9.93. The third-order valence-electron chi connectivity index (χ3n) is 5.13. The number of carbonyl (C=O) groups excluding carboxylic acids is 2. The summed E-state index contributed by atoms with van der Waals surface area (Å²) in [4.78, 5) is 28.8. The zero-order valence-electron chi connectivity index (χ0n) is 14.4. The van der Waals surface area contributed by atoms with Gasteiger partial charge < -0.3 is 15.1 Å². The topological polar surface area (TPSA) is 52.7 Å². The molecule has 1 aromatic rings. The first-order valence-corrected chi connectivity index (χ1v) is 9.03. The van der Waals surface area contributed by atoms with Crippen molar-refractivity contribution in [3.05, 3.63) is 30.3 Å². The SMILES string of the molecule is C[C@H]1CCCN(C(=O)C2CCN(C(=O)Nc3ccccc3)CC2)C1. The summed E-state index contributed by atoms with van der Waals surface area (Å²) in [7, 11) is 0. The molecule has 0 spiro atoms. The van der Waals surface area contributed by atoms with Crippen LogP contribution in [0, 0.1) is 11.8 Å². The van der Waals surface area contributed by atoms with Gasteiger partial charge in [-0.3, -0.25) is 4.79 Å². The van der Waals surface area contributed by atoms with E-state index in [2.05, 4.69) is 12.2 Å². The summed E-state index contributed by atoms with van der Waals surface area (Å²) in [5.41, 5.74) is 0.808.